The van der Waals surface area contributed by atoms with Crippen LogP contribution < -0.4 is 0 Å². The summed E-state index contributed by atoms with van der Waals surface area (Å²) in [5.41, 5.74) is 0.747. The van der Waals surface area contributed by atoms with E-state index >= 15 is 0 Å². The van der Waals surface area contributed by atoms with Crippen molar-refractivity contribution in [2.45, 2.75) is 11.8 Å². The lowest BCUT2D eigenvalue weighted by atomic mass is 10.2. The molecule has 0 N–H and O–H groups in total. The van der Waals surface area contributed by atoms with Gasteiger partial charge in [0.2, 0.25) is 0 Å². The molecule has 1 aromatic rings. The molecule has 0 aliphatic heterocycles. The minimum Gasteiger partial charge on any atom is -0.192 e. The first kappa shape index (κ1) is 9.63. The summed E-state index contributed by atoms with van der Waals surface area (Å²) in [4.78, 5) is 1.06. The fourth-order valence-electron chi connectivity index (χ4n) is 0.871. The van der Waals surface area contributed by atoms with Crippen molar-refractivity contribution < 1.29 is 0 Å². The minimum atomic E-state index is 0.747. The van der Waals surface area contributed by atoms with Crippen molar-refractivity contribution in [2.75, 3.05) is 5.75 Å². The third-order valence-electron chi connectivity index (χ3n) is 1.36. The topological polar surface area (TPSA) is 23.8 Å². The maximum atomic E-state index is 8.79. The van der Waals surface area contributed by atoms with Crippen molar-refractivity contribution in [1.82, 2.24) is 0 Å². The van der Waals surface area contributed by atoms with Gasteiger partial charge in [0.05, 0.1) is 5.56 Å². The molecule has 0 aromatic heterocycles. The number of nitriles is 1. The molecule has 0 atom stereocenters. The zero-order chi connectivity index (χ0) is 8.97. The van der Waals surface area contributed by atoms with Gasteiger partial charge in [-0.05, 0) is 24.0 Å². The fourth-order valence-corrected chi connectivity index (χ4v) is 1.97. The highest BCUT2D eigenvalue weighted by atomic mass is 79.9. The highest BCUT2D eigenvalue weighted by Gasteiger charge is 2.01. The number of halogens is 1. The maximum Gasteiger partial charge on any atom is 0.100 e. The molecule has 0 aliphatic rings. The molecule has 0 heterocycles. The molecule has 0 saturated carbocycles. The summed E-state index contributed by atoms with van der Waals surface area (Å²) in [6.07, 6.45) is 0. The number of hydrogen-bond donors (Lipinski definition) is 0. The molecule has 12 heavy (non-hydrogen) atoms. The van der Waals surface area contributed by atoms with Gasteiger partial charge in [-0.25, -0.2) is 0 Å². The van der Waals surface area contributed by atoms with E-state index in [1.807, 2.05) is 18.2 Å². The summed E-state index contributed by atoms with van der Waals surface area (Å²) in [7, 11) is 0. The molecular formula is C9H8BrNS. The van der Waals surface area contributed by atoms with Crippen molar-refractivity contribution in [3.63, 3.8) is 0 Å². The number of benzene rings is 1. The summed E-state index contributed by atoms with van der Waals surface area (Å²) < 4.78 is 0.958. The van der Waals surface area contributed by atoms with Crippen LogP contribution in [0.1, 0.15) is 12.5 Å². The van der Waals surface area contributed by atoms with E-state index in [-0.39, 0.29) is 0 Å². The summed E-state index contributed by atoms with van der Waals surface area (Å²) >= 11 is 5.02. The van der Waals surface area contributed by atoms with Gasteiger partial charge < -0.3 is 0 Å². The molecule has 0 fully saturated rings. The zero-order valence-electron chi connectivity index (χ0n) is 6.67. The van der Waals surface area contributed by atoms with Crippen LogP contribution in [0.3, 0.4) is 0 Å². The van der Waals surface area contributed by atoms with Gasteiger partial charge >= 0.3 is 0 Å². The van der Waals surface area contributed by atoms with E-state index in [0.717, 1.165) is 20.7 Å². The second kappa shape index (κ2) is 4.54. The molecular weight excluding hydrogens is 234 g/mol. The van der Waals surface area contributed by atoms with Crippen LogP contribution in [-0.2, 0) is 0 Å². The summed E-state index contributed by atoms with van der Waals surface area (Å²) in [5.74, 6) is 0.996. The van der Waals surface area contributed by atoms with E-state index < -0.39 is 0 Å². The first-order valence-electron chi connectivity index (χ1n) is 3.60. The Hall–Kier alpha value is -0.460. The van der Waals surface area contributed by atoms with Gasteiger partial charge in [0.15, 0.2) is 0 Å². The Morgan fingerprint density at radius 1 is 1.58 bits per heavy atom. The number of hydrogen-bond acceptors (Lipinski definition) is 2. The Morgan fingerprint density at radius 3 is 2.92 bits per heavy atom. The Morgan fingerprint density at radius 2 is 2.33 bits per heavy atom. The van der Waals surface area contributed by atoms with Crippen molar-refractivity contribution in [3.8, 4) is 6.07 Å². The van der Waals surface area contributed by atoms with E-state index in [9.17, 15) is 0 Å². The molecule has 3 heteroatoms. The van der Waals surface area contributed by atoms with E-state index in [1.165, 1.54) is 0 Å². The number of rotatable bonds is 2. The van der Waals surface area contributed by atoms with Crippen LogP contribution in [0, 0.1) is 11.3 Å². The van der Waals surface area contributed by atoms with Crippen LogP contribution in [0.4, 0.5) is 0 Å². The minimum absolute atomic E-state index is 0.747. The smallest absolute Gasteiger partial charge is 0.100 e. The predicted octanol–water partition coefficient (Wildman–Crippen LogP) is 3.43. The SMILES string of the molecule is CCSc1ccc(Br)cc1C#N. The van der Waals surface area contributed by atoms with Crippen molar-refractivity contribution in [2.24, 2.45) is 0 Å². The molecule has 1 rings (SSSR count). The highest BCUT2D eigenvalue weighted by Crippen LogP contribution is 2.24. The Kier molecular flexibility index (Phi) is 3.64. The van der Waals surface area contributed by atoms with Crippen molar-refractivity contribution >= 4 is 27.7 Å². The molecule has 0 radical (unpaired) electrons. The van der Waals surface area contributed by atoms with Crippen LogP contribution in [0.5, 0.6) is 0 Å². The molecule has 0 saturated heterocycles. The third-order valence-corrected chi connectivity index (χ3v) is 2.81. The molecule has 0 bridgehead atoms. The Labute approximate surface area is 84.9 Å². The molecule has 0 spiro atoms. The van der Waals surface area contributed by atoms with Crippen molar-refractivity contribution in [3.05, 3.63) is 28.2 Å². The summed E-state index contributed by atoms with van der Waals surface area (Å²) in [6.45, 7) is 2.08. The van der Waals surface area contributed by atoms with Crippen LogP contribution in [0.25, 0.3) is 0 Å². The van der Waals surface area contributed by atoms with Gasteiger partial charge in [-0.15, -0.1) is 11.8 Å². The van der Waals surface area contributed by atoms with Crippen LogP contribution in [0.2, 0.25) is 0 Å². The molecule has 0 unspecified atom stereocenters. The monoisotopic (exact) mass is 241 g/mol. The number of nitrogens with zero attached hydrogens (tertiary/aromatic N) is 1. The normalized spacial score (nSPS) is 9.42. The lowest BCUT2D eigenvalue weighted by molar-refractivity contribution is 1.34. The third kappa shape index (κ3) is 2.26. The maximum absolute atomic E-state index is 8.79. The first-order valence-corrected chi connectivity index (χ1v) is 5.38. The van der Waals surface area contributed by atoms with E-state index in [4.69, 9.17) is 5.26 Å². The second-order valence-electron chi connectivity index (χ2n) is 2.19. The van der Waals surface area contributed by atoms with Gasteiger partial charge in [0, 0.05) is 9.37 Å². The van der Waals surface area contributed by atoms with Gasteiger partial charge in [-0.3, -0.25) is 0 Å². The standard InChI is InChI=1S/C9H8BrNS/c1-2-12-9-4-3-8(10)5-7(9)6-11/h3-5H,2H2,1H3. The average molecular weight is 242 g/mol. The van der Waals surface area contributed by atoms with Gasteiger partial charge in [0.1, 0.15) is 6.07 Å². The van der Waals surface area contributed by atoms with Gasteiger partial charge in [-0.2, -0.15) is 5.26 Å². The van der Waals surface area contributed by atoms with Crippen LogP contribution in [-0.4, -0.2) is 5.75 Å². The van der Waals surface area contributed by atoms with Gasteiger partial charge in [-0.1, -0.05) is 22.9 Å². The molecule has 0 aliphatic carbocycles. The van der Waals surface area contributed by atoms with Crippen molar-refractivity contribution in [1.29, 1.82) is 5.26 Å². The lowest BCUT2D eigenvalue weighted by Crippen LogP contribution is -1.81. The number of thioether (sulfide) groups is 1. The quantitative estimate of drug-likeness (QED) is 0.742. The molecule has 1 nitrogen and oxygen atoms in total. The average Bonchev–Trinajstić information content (AvgIpc) is 2.08. The Balaban J connectivity index is 3.05. The fraction of sp³-hybridized carbons (Fsp3) is 0.222. The van der Waals surface area contributed by atoms with E-state index in [1.54, 1.807) is 11.8 Å². The second-order valence-corrected chi connectivity index (χ2v) is 4.41. The first-order chi connectivity index (χ1) is 5.77. The molecule has 0 amide bonds. The highest BCUT2D eigenvalue weighted by molar-refractivity contribution is 9.10. The lowest BCUT2D eigenvalue weighted by Gasteiger charge is -2.00. The summed E-state index contributed by atoms with van der Waals surface area (Å²) in [6, 6.07) is 7.94. The van der Waals surface area contributed by atoms with E-state index in [2.05, 4.69) is 28.9 Å². The van der Waals surface area contributed by atoms with Gasteiger partial charge in [0.25, 0.3) is 0 Å². The zero-order valence-corrected chi connectivity index (χ0v) is 9.08. The summed E-state index contributed by atoms with van der Waals surface area (Å²) in [5, 5.41) is 8.79. The Bertz CT molecular complexity index is 317. The van der Waals surface area contributed by atoms with Crippen LogP contribution in [0.15, 0.2) is 27.6 Å². The van der Waals surface area contributed by atoms with E-state index in [0.29, 0.717) is 0 Å². The van der Waals surface area contributed by atoms with Crippen LogP contribution >= 0.6 is 27.7 Å². The largest absolute Gasteiger partial charge is 0.192 e. The molecule has 1 aromatic carbocycles. The predicted molar refractivity (Wildman–Crippen MR) is 55.3 cm³/mol. The molecule has 62 valence electrons.